The van der Waals surface area contributed by atoms with Crippen molar-refractivity contribution in [2.45, 2.75) is 0 Å². The number of halogens is 1. The third-order valence-corrected chi connectivity index (χ3v) is 2.44. The minimum atomic E-state index is -0.492. The van der Waals surface area contributed by atoms with Gasteiger partial charge in [0.1, 0.15) is 0 Å². The van der Waals surface area contributed by atoms with E-state index in [0.717, 1.165) is 0 Å². The zero-order chi connectivity index (χ0) is 13.0. The molecule has 92 valence electrons. The Kier molecular flexibility index (Phi) is 3.57. The number of carbonyl (C=O) groups excluding carboxylic acids is 1. The van der Waals surface area contributed by atoms with Crippen LogP contribution >= 0.6 is 0 Å². The molecular weight excluding hydrogens is 233 g/mol. The van der Waals surface area contributed by atoms with E-state index in [0.29, 0.717) is 11.3 Å². The van der Waals surface area contributed by atoms with Crippen molar-refractivity contribution in [3.8, 4) is 5.75 Å². The van der Waals surface area contributed by atoms with Gasteiger partial charge in [-0.05, 0) is 30.3 Å². The quantitative estimate of drug-likeness (QED) is 0.902. The van der Waals surface area contributed by atoms with Crippen LogP contribution in [0.3, 0.4) is 0 Å². The summed E-state index contributed by atoms with van der Waals surface area (Å²) in [5.74, 6) is -0.746. The van der Waals surface area contributed by atoms with E-state index in [1.807, 2.05) is 18.2 Å². The van der Waals surface area contributed by atoms with Gasteiger partial charge < -0.3 is 10.1 Å². The molecule has 2 aromatic carbocycles. The van der Waals surface area contributed by atoms with Crippen LogP contribution < -0.4 is 10.1 Å². The summed E-state index contributed by atoms with van der Waals surface area (Å²) < 4.78 is 18.0. The molecule has 0 aliphatic heterocycles. The highest BCUT2D eigenvalue weighted by Gasteiger charge is 2.10. The van der Waals surface area contributed by atoms with Crippen molar-refractivity contribution in [1.29, 1.82) is 0 Å². The van der Waals surface area contributed by atoms with E-state index in [1.54, 1.807) is 12.1 Å². The van der Waals surface area contributed by atoms with Crippen molar-refractivity contribution in [1.82, 2.24) is 0 Å². The van der Waals surface area contributed by atoms with Crippen LogP contribution in [0.1, 0.15) is 10.4 Å². The SMILES string of the molecule is COc1cc(C(=O)Nc2ccccc2)ccc1F. The van der Waals surface area contributed by atoms with Crippen LogP contribution in [0.15, 0.2) is 48.5 Å². The van der Waals surface area contributed by atoms with Gasteiger partial charge in [0.15, 0.2) is 11.6 Å². The van der Waals surface area contributed by atoms with Crippen LogP contribution in [0.5, 0.6) is 5.75 Å². The second-order valence-electron chi connectivity index (χ2n) is 3.67. The molecule has 0 spiro atoms. The molecule has 1 amide bonds. The monoisotopic (exact) mass is 245 g/mol. The molecular formula is C14H12FNO2. The van der Waals surface area contributed by atoms with Crippen molar-refractivity contribution in [2.24, 2.45) is 0 Å². The van der Waals surface area contributed by atoms with Gasteiger partial charge >= 0.3 is 0 Å². The summed E-state index contributed by atoms with van der Waals surface area (Å²) in [6, 6.07) is 13.0. The van der Waals surface area contributed by atoms with E-state index in [4.69, 9.17) is 4.74 Å². The van der Waals surface area contributed by atoms with Crippen molar-refractivity contribution in [3.05, 3.63) is 59.9 Å². The topological polar surface area (TPSA) is 38.3 Å². The largest absolute Gasteiger partial charge is 0.494 e. The van der Waals surface area contributed by atoms with E-state index in [1.165, 1.54) is 25.3 Å². The highest BCUT2D eigenvalue weighted by atomic mass is 19.1. The predicted octanol–water partition coefficient (Wildman–Crippen LogP) is 3.09. The summed E-state index contributed by atoms with van der Waals surface area (Å²) >= 11 is 0. The van der Waals surface area contributed by atoms with Crippen molar-refractivity contribution in [3.63, 3.8) is 0 Å². The number of carbonyl (C=O) groups is 1. The minimum Gasteiger partial charge on any atom is -0.494 e. The zero-order valence-electron chi connectivity index (χ0n) is 9.81. The number of nitrogens with one attached hydrogen (secondary N) is 1. The fraction of sp³-hybridized carbons (Fsp3) is 0.0714. The molecule has 0 unspecified atom stereocenters. The number of hydrogen-bond donors (Lipinski definition) is 1. The van der Waals surface area contributed by atoms with Crippen molar-refractivity contribution < 1.29 is 13.9 Å². The highest BCUT2D eigenvalue weighted by molar-refractivity contribution is 6.04. The van der Waals surface area contributed by atoms with Crippen LogP contribution in [-0.4, -0.2) is 13.0 Å². The number of para-hydroxylation sites is 1. The lowest BCUT2D eigenvalue weighted by Gasteiger charge is -2.07. The Hall–Kier alpha value is -2.36. The van der Waals surface area contributed by atoms with Crippen molar-refractivity contribution >= 4 is 11.6 Å². The Labute approximate surface area is 104 Å². The number of amides is 1. The van der Waals surface area contributed by atoms with Gasteiger partial charge in [0, 0.05) is 11.3 Å². The molecule has 0 heterocycles. The highest BCUT2D eigenvalue weighted by Crippen LogP contribution is 2.19. The van der Waals surface area contributed by atoms with E-state index < -0.39 is 5.82 Å². The molecule has 0 saturated heterocycles. The Bertz CT molecular complexity index is 555. The van der Waals surface area contributed by atoms with E-state index >= 15 is 0 Å². The maximum Gasteiger partial charge on any atom is 0.255 e. The summed E-state index contributed by atoms with van der Waals surface area (Å²) in [5, 5.41) is 2.71. The number of hydrogen-bond acceptors (Lipinski definition) is 2. The first kappa shape index (κ1) is 12.1. The summed E-state index contributed by atoms with van der Waals surface area (Å²) in [5.41, 5.74) is 1.03. The lowest BCUT2D eigenvalue weighted by Crippen LogP contribution is -2.12. The summed E-state index contributed by atoms with van der Waals surface area (Å²) in [6.07, 6.45) is 0. The first-order chi connectivity index (χ1) is 8.70. The minimum absolute atomic E-state index is 0.0516. The number of ether oxygens (including phenoxy) is 1. The zero-order valence-corrected chi connectivity index (χ0v) is 9.81. The molecule has 0 aromatic heterocycles. The number of benzene rings is 2. The first-order valence-electron chi connectivity index (χ1n) is 5.40. The summed E-state index contributed by atoms with van der Waals surface area (Å²) in [7, 11) is 1.36. The summed E-state index contributed by atoms with van der Waals surface area (Å²) in [4.78, 5) is 11.9. The van der Waals surface area contributed by atoms with Gasteiger partial charge in [0.25, 0.3) is 5.91 Å². The molecule has 0 fully saturated rings. The second kappa shape index (κ2) is 5.31. The Balaban J connectivity index is 2.19. The standard InChI is InChI=1S/C14H12FNO2/c1-18-13-9-10(7-8-12(13)15)14(17)16-11-5-3-2-4-6-11/h2-9H,1H3,(H,16,17). The number of rotatable bonds is 3. The molecule has 0 bridgehead atoms. The van der Waals surface area contributed by atoms with Crippen LogP contribution in [0.25, 0.3) is 0 Å². The fourth-order valence-corrected chi connectivity index (χ4v) is 1.53. The Morgan fingerprint density at radius 1 is 1.17 bits per heavy atom. The Morgan fingerprint density at radius 3 is 2.56 bits per heavy atom. The molecule has 0 radical (unpaired) electrons. The number of methoxy groups -OCH3 is 1. The molecule has 0 aliphatic rings. The molecule has 0 atom stereocenters. The first-order valence-corrected chi connectivity index (χ1v) is 5.40. The van der Waals surface area contributed by atoms with Gasteiger partial charge in [0.2, 0.25) is 0 Å². The molecule has 1 N–H and O–H groups in total. The van der Waals surface area contributed by atoms with Crippen LogP contribution in [0.2, 0.25) is 0 Å². The second-order valence-corrected chi connectivity index (χ2v) is 3.67. The third-order valence-electron chi connectivity index (χ3n) is 2.44. The third kappa shape index (κ3) is 2.66. The van der Waals surface area contributed by atoms with E-state index in [2.05, 4.69) is 5.32 Å². The molecule has 18 heavy (non-hydrogen) atoms. The van der Waals surface area contributed by atoms with E-state index in [-0.39, 0.29) is 11.7 Å². The van der Waals surface area contributed by atoms with E-state index in [9.17, 15) is 9.18 Å². The van der Waals surface area contributed by atoms with Gasteiger partial charge in [-0.1, -0.05) is 18.2 Å². The van der Waals surface area contributed by atoms with Gasteiger partial charge in [-0.2, -0.15) is 0 Å². The van der Waals surface area contributed by atoms with Crippen LogP contribution in [0.4, 0.5) is 10.1 Å². The molecule has 3 nitrogen and oxygen atoms in total. The average Bonchev–Trinajstić information content (AvgIpc) is 2.40. The summed E-state index contributed by atoms with van der Waals surface area (Å²) in [6.45, 7) is 0. The lowest BCUT2D eigenvalue weighted by atomic mass is 10.2. The normalized spacial score (nSPS) is 9.89. The van der Waals surface area contributed by atoms with Gasteiger partial charge in [-0.3, -0.25) is 4.79 Å². The number of anilines is 1. The maximum atomic E-state index is 13.2. The van der Waals surface area contributed by atoms with Crippen LogP contribution in [-0.2, 0) is 0 Å². The van der Waals surface area contributed by atoms with Crippen LogP contribution in [0, 0.1) is 5.82 Å². The molecule has 4 heteroatoms. The molecule has 0 saturated carbocycles. The molecule has 2 aromatic rings. The molecule has 0 aliphatic carbocycles. The average molecular weight is 245 g/mol. The predicted molar refractivity (Wildman–Crippen MR) is 67.3 cm³/mol. The Morgan fingerprint density at radius 2 is 1.89 bits per heavy atom. The van der Waals surface area contributed by atoms with Gasteiger partial charge in [-0.25, -0.2) is 4.39 Å². The van der Waals surface area contributed by atoms with Gasteiger partial charge in [-0.15, -0.1) is 0 Å². The molecule has 2 rings (SSSR count). The van der Waals surface area contributed by atoms with Crippen molar-refractivity contribution in [2.75, 3.05) is 12.4 Å². The van der Waals surface area contributed by atoms with Gasteiger partial charge in [0.05, 0.1) is 7.11 Å². The lowest BCUT2D eigenvalue weighted by molar-refractivity contribution is 0.102. The maximum absolute atomic E-state index is 13.2. The smallest absolute Gasteiger partial charge is 0.255 e. The fourth-order valence-electron chi connectivity index (χ4n) is 1.53.